The van der Waals surface area contributed by atoms with Gasteiger partial charge in [-0.15, -0.1) is 0 Å². The van der Waals surface area contributed by atoms with Crippen LogP contribution in [-0.2, 0) is 10.0 Å². The van der Waals surface area contributed by atoms with Gasteiger partial charge >= 0.3 is 0 Å². The molecule has 2 rings (SSSR count). The molecule has 0 heterocycles. The molecule has 2 N–H and O–H groups in total. The van der Waals surface area contributed by atoms with Gasteiger partial charge in [0.1, 0.15) is 0 Å². The summed E-state index contributed by atoms with van der Waals surface area (Å²) in [5, 5.41) is 2.48. The molecule has 2 aromatic carbocycles. The summed E-state index contributed by atoms with van der Waals surface area (Å²) < 4.78 is 26.8. The van der Waals surface area contributed by atoms with E-state index in [0.717, 1.165) is 0 Å². The molecule has 104 valence electrons. The monoisotopic (exact) mass is 290 g/mol. The highest BCUT2D eigenvalue weighted by molar-refractivity contribution is 7.92. The first-order valence-electron chi connectivity index (χ1n) is 5.93. The van der Waals surface area contributed by atoms with Crippen LogP contribution in [0.2, 0.25) is 0 Å². The van der Waals surface area contributed by atoms with Crippen LogP contribution in [0.5, 0.6) is 0 Å². The Hall–Kier alpha value is -2.34. The van der Waals surface area contributed by atoms with Gasteiger partial charge in [0.2, 0.25) is 0 Å². The first kappa shape index (κ1) is 14.1. The number of para-hydroxylation sites is 1. The fraction of sp³-hybridized carbons (Fsp3) is 0.0714. The van der Waals surface area contributed by atoms with Crippen LogP contribution in [0.4, 0.5) is 5.69 Å². The lowest BCUT2D eigenvalue weighted by molar-refractivity contribution is 0.0963. The van der Waals surface area contributed by atoms with Gasteiger partial charge in [0.05, 0.1) is 4.90 Å². The Morgan fingerprint density at radius 1 is 0.950 bits per heavy atom. The van der Waals surface area contributed by atoms with Crippen molar-refractivity contribution in [2.24, 2.45) is 0 Å². The third kappa shape index (κ3) is 3.16. The lowest BCUT2D eigenvalue weighted by Crippen LogP contribution is -2.18. The van der Waals surface area contributed by atoms with Gasteiger partial charge in [0, 0.05) is 18.3 Å². The fourth-order valence-electron chi connectivity index (χ4n) is 1.65. The Labute approximate surface area is 117 Å². The highest BCUT2D eigenvalue weighted by atomic mass is 32.2. The van der Waals surface area contributed by atoms with Gasteiger partial charge in [-0.2, -0.15) is 0 Å². The van der Waals surface area contributed by atoms with Gasteiger partial charge in [-0.1, -0.05) is 18.2 Å². The Morgan fingerprint density at radius 3 is 2.10 bits per heavy atom. The van der Waals surface area contributed by atoms with E-state index in [4.69, 9.17) is 0 Å². The number of hydrogen-bond acceptors (Lipinski definition) is 3. The average Bonchev–Trinajstić information content (AvgIpc) is 2.47. The van der Waals surface area contributed by atoms with Crippen molar-refractivity contribution in [1.29, 1.82) is 0 Å². The Morgan fingerprint density at radius 2 is 1.55 bits per heavy atom. The SMILES string of the molecule is CNC(=O)c1ccc(S(=O)(=O)Nc2ccccc2)cc1. The van der Waals surface area contributed by atoms with Crippen LogP contribution >= 0.6 is 0 Å². The number of nitrogens with one attached hydrogen (secondary N) is 2. The van der Waals surface area contributed by atoms with Crippen LogP contribution in [0.25, 0.3) is 0 Å². The second kappa shape index (κ2) is 5.75. The summed E-state index contributed by atoms with van der Waals surface area (Å²) in [6.45, 7) is 0. The number of anilines is 1. The van der Waals surface area contributed by atoms with Crippen molar-refractivity contribution in [3.05, 3.63) is 60.2 Å². The summed E-state index contributed by atoms with van der Waals surface area (Å²) in [5.41, 5.74) is 0.897. The molecule has 0 aliphatic rings. The highest BCUT2D eigenvalue weighted by Crippen LogP contribution is 2.16. The molecule has 0 unspecified atom stereocenters. The van der Waals surface area contributed by atoms with Crippen molar-refractivity contribution in [2.75, 3.05) is 11.8 Å². The van der Waals surface area contributed by atoms with Gasteiger partial charge in [-0.25, -0.2) is 8.42 Å². The zero-order chi connectivity index (χ0) is 14.6. The molecular formula is C14H14N2O3S. The molecule has 0 saturated heterocycles. The Bertz CT molecular complexity index is 695. The van der Waals surface area contributed by atoms with Gasteiger partial charge in [-0.3, -0.25) is 9.52 Å². The van der Waals surface area contributed by atoms with Crippen LogP contribution in [0.3, 0.4) is 0 Å². The van der Waals surface area contributed by atoms with E-state index in [1.165, 1.54) is 31.3 Å². The van der Waals surface area contributed by atoms with E-state index in [1.807, 2.05) is 0 Å². The number of rotatable bonds is 4. The standard InChI is InChI=1S/C14H14N2O3S/c1-15-14(17)11-7-9-13(10-8-11)20(18,19)16-12-5-3-2-4-6-12/h2-10,16H,1H3,(H,15,17). The summed E-state index contributed by atoms with van der Waals surface area (Å²) in [7, 11) is -2.13. The lowest BCUT2D eigenvalue weighted by atomic mass is 10.2. The maximum atomic E-state index is 12.1. The molecule has 0 saturated carbocycles. The second-order valence-corrected chi connectivity index (χ2v) is 5.76. The van der Waals surface area contributed by atoms with E-state index in [2.05, 4.69) is 10.0 Å². The van der Waals surface area contributed by atoms with E-state index in [0.29, 0.717) is 11.3 Å². The number of hydrogen-bond donors (Lipinski definition) is 2. The summed E-state index contributed by atoms with van der Waals surface area (Å²) in [5.74, 6) is -0.259. The van der Waals surface area contributed by atoms with Gasteiger partial charge in [0.15, 0.2) is 0 Å². The predicted molar refractivity (Wildman–Crippen MR) is 77.1 cm³/mol. The largest absolute Gasteiger partial charge is 0.355 e. The van der Waals surface area contributed by atoms with E-state index < -0.39 is 10.0 Å². The first-order chi connectivity index (χ1) is 9.53. The smallest absolute Gasteiger partial charge is 0.261 e. The number of benzene rings is 2. The molecule has 0 fully saturated rings. The molecule has 6 heteroatoms. The molecule has 1 amide bonds. The second-order valence-electron chi connectivity index (χ2n) is 4.08. The van der Waals surface area contributed by atoms with E-state index >= 15 is 0 Å². The number of carbonyl (C=O) groups excluding carboxylic acids is 1. The highest BCUT2D eigenvalue weighted by Gasteiger charge is 2.14. The molecule has 2 aromatic rings. The maximum Gasteiger partial charge on any atom is 0.261 e. The molecule has 0 spiro atoms. The molecule has 0 radical (unpaired) electrons. The molecular weight excluding hydrogens is 276 g/mol. The lowest BCUT2D eigenvalue weighted by Gasteiger charge is -2.08. The van der Waals surface area contributed by atoms with Crippen molar-refractivity contribution in [3.63, 3.8) is 0 Å². The minimum atomic E-state index is -3.64. The third-order valence-electron chi connectivity index (χ3n) is 2.68. The van der Waals surface area contributed by atoms with Crippen molar-refractivity contribution in [3.8, 4) is 0 Å². The minimum Gasteiger partial charge on any atom is -0.355 e. The van der Waals surface area contributed by atoms with E-state index in [9.17, 15) is 13.2 Å². The van der Waals surface area contributed by atoms with Gasteiger partial charge in [-0.05, 0) is 36.4 Å². The zero-order valence-corrected chi connectivity index (χ0v) is 11.6. The fourth-order valence-corrected chi connectivity index (χ4v) is 2.71. The normalized spacial score (nSPS) is 10.8. The molecule has 20 heavy (non-hydrogen) atoms. The van der Waals surface area contributed by atoms with Gasteiger partial charge < -0.3 is 5.32 Å². The van der Waals surface area contributed by atoms with Crippen molar-refractivity contribution >= 4 is 21.6 Å². The maximum absolute atomic E-state index is 12.1. The molecule has 0 bridgehead atoms. The van der Waals surface area contributed by atoms with E-state index in [-0.39, 0.29) is 10.8 Å². The number of sulfonamides is 1. The minimum absolute atomic E-state index is 0.106. The molecule has 5 nitrogen and oxygen atoms in total. The van der Waals surface area contributed by atoms with Gasteiger partial charge in [0.25, 0.3) is 15.9 Å². The van der Waals surface area contributed by atoms with Crippen LogP contribution in [0.15, 0.2) is 59.5 Å². The summed E-state index contributed by atoms with van der Waals surface area (Å²) in [4.78, 5) is 11.5. The quantitative estimate of drug-likeness (QED) is 0.902. The van der Waals surface area contributed by atoms with E-state index in [1.54, 1.807) is 30.3 Å². The summed E-state index contributed by atoms with van der Waals surface area (Å²) in [6.07, 6.45) is 0. The van der Waals surface area contributed by atoms with Crippen LogP contribution in [-0.4, -0.2) is 21.4 Å². The van der Waals surface area contributed by atoms with Crippen LogP contribution < -0.4 is 10.0 Å². The summed E-state index contributed by atoms with van der Waals surface area (Å²) in [6, 6.07) is 14.4. The van der Waals surface area contributed by atoms with Crippen molar-refractivity contribution in [2.45, 2.75) is 4.90 Å². The van der Waals surface area contributed by atoms with Crippen LogP contribution in [0.1, 0.15) is 10.4 Å². The zero-order valence-electron chi connectivity index (χ0n) is 10.8. The van der Waals surface area contributed by atoms with Crippen LogP contribution in [0, 0.1) is 0 Å². The Balaban J connectivity index is 2.24. The topological polar surface area (TPSA) is 75.3 Å². The molecule has 0 aromatic heterocycles. The first-order valence-corrected chi connectivity index (χ1v) is 7.41. The predicted octanol–water partition coefficient (Wildman–Crippen LogP) is 1.85. The molecule has 0 aliphatic carbocycles. The summed E-state index contributed by atoms with van der Waals surface area (Å²) >= 11 is 0. The molecule has 0 aliphatic heterocycles. The number of carbonyl (C=O) groups is 1. The number of amides is 1. The Kier molecular flexibility index (Phi) is 4.05. The average molecular weight is 290 g/mol. The third-order valence-corrected chi connectivity index (χ3v) is 4.08. The van der Waals surface area contributed by atoms with Crippen molar-refractivity contribution in [1.82, 2.24) is 5.32 Å². The van der Waals surface area contributed by atoms with Crippen molar-refractivity contribution < 1.29 is 13.2 Å². The molecule has 0 atom stereocenters.